The van der Waals surface area contributed by atoms with Gasteiger partial charge in [-0.05, 0) is 18.9 Å². The zero-order chi connectivity index (χ0) is 21.7. The summed E-state index contributed by atoms with van der Waals surface area (Å²) in [5, 5.41) is 11.6. The number of carbonyl (C=O) groups is 1. The van der Waals surface area contributed by atoms with Crippen LogP contribution in [-0.4, -0.2) is 58.2 Å². The highest BCUT2D eigenvalue weighted by molar-refractivity contribution is 5.85. The van der Waals surface area contributed by atoms with Crippen molar-refractivity contribution in [1.82, 2.24) is 30.3 Å². The zero-order valence-corrected chi connectivity index (χ0v) is 18.6. The molecule has 2 atom stereocenters. The third-order valence-electron chi connectivity index (χ3n) is 5.26. The number of carbonyl (C=O) groups excluding carboxylic acids is 1. The maximum Gasteiger partial charge on any atom is 0.243 e. The Bertz CT molecular complexity index is 873. The first-order chi connectivity index (χ1) is 14.3. The highest BCUT2D eigenvalue weighted by atomic mass is 16.2. The minimum Gasteiger partial charge on any atom is -0.352 e. The van der Waals surface area contributed by atoms with Crippen LogP contribution >= 0.6 is 0 Å². The van der Waals surface area contributed by atoms with E-state index in [-0.39, 0.29) is 24.5 Å². The summed E-state index contributed by atoms with van der Waals surface area (Å²) in [5.41, 5.74) is 1.16. The summed E-state index contributed by atoms with van der Waals surface area (Å²) in [6.45, 7) is 7.14. The van der Waals surface area contributed by atoms with Gasteiger partial charge in [0, 0.05) is 32.5 Å². The Balaban J connectivity index is 1.71. The third-order valence-corrected chi connectivity index (χ3v) is 5.26. The summed E-state index contributed by atoms with van der Waals surface area (Å²) < 4.78 is 2.00. The fourth-order valence-corrected chi connectivity index (χ4v) is 3.34. The average molecular weight is 412 g/mol. The summed E-state index contributed by atoms with van der Waals surface area (Å²) in [6.07, 6.45) is 1.81. The van der Waals surface area contributed by atoms with Crippen LogP contribution in [0.15, 0.2) is 35.3 Å². The van der Waals surface area contributed by atoms with Gasteiger partial charge in [-0.1, -0.05) is 44.2 Å². The summed E-state index contributed by atoms with van der Waals surface area (Å²) in [4.78, 5) is 22.8. The first kappa shape index (κ1) is 21.8. The Morgan fingerprint density at radius 1 is 1.27 bits per heavy atom. The Morgan fingerprint density at radius 3 is 2.67 bits per heavy atom. The number of likely N-dealkylation sites (N-methyl/N-ethyl adjacent to an activating group) is 1. The molecule has 0 aliphatic carbocycles. The maximum absolute atomic E-state index is 12.1. The summed E-state index contributed by atoms with van der Waals surface area (Å²) in [7, 11) is 3.48. The Morgan fingerprint density at radius 2 is 2.00 bits per heavy atom. The maximum atomic E-state index is 12.1. The molecule has 1 amide bonds. The number of hydrogen-bond acceptors (Lipinski definition) is 4. The van der Waals surface area contributed by atoms with Gasteiger partial charge in [-0.3, -0.25) is 4.79 Å². The molecule has 0 radical (unpaired) electrons. The van der Waals surface area contributed by atoms with Crippen molar-refractivity contribution >= 4 is 11.9 Å². The number of aliphatic imine (C=N–C) groups is 1. The average Bonchev–Trinajstić information content (AvgIpc) is 3.16. The van der Waals surface area contributed by atoms with Crippen LogP contribution in [0.1, 0.15) is 56.4 Å². The molecule has 1 aliphatic rings. The first-order valence-electron chi connectivity index (χ1n) is 10.6. The van der Waals surface area contributed by atoms with Gasteiger partial charge in [0.1, 0.15) is 12.4 Å². The fourth-order valence-electron chi connectivity index (χ4n) is 3.34. The predicted octanol–water partition coefficient (Wildman–Crippen LogP) is 2.10. The monoisotopic (exact) mass is 411 g/mol. The molecule has 1 aromatic heterocycles. The number of nitrogens with zero attached hydrogens (tertiary/aromatic N) is 5. The van der Waals surface area contributed by atoms with E-state index in [9.17, 15) is 4.79 Å². The van der Waals surface area contributed by atoms with Crippen molar-refractivity contribution in [3.05, 3.63) is 47.5 Å². The van der Waals surface area contributed by atoms with E-state index in [1.54, 1.807) is 19.0 Å². The number of benzene rings is 1. The van der Waals surface area contributed by atoms with Gasteiger partial charge in [0.15, 0.2) is 11.8 Å². The molecule has 0 fully saturated rings. The van der Waals surface area contributed by atoms with E-state index in [0.29, 0.717) is 11.9 Å². The van der Waals surface area contributed by atoms with Crippen molar-refractivity contribution in [3.63, 3.8) is 0 Å². The smallest absolute Gasteiger partial charge is 0.243 e. The van der Waals surface area contributed by atoms with Crippen molar-refractivity contribution in [2.24, 2.45) is 4.99 Å². The first-order valence-corrected chi connectivity index (χ1v) is 10.6. The van der Waals surface area contributed by atoms with Gasteiger partial charge in [0.2, 0.25) is 5.91 Å². The summed E-state index contributed by atoms with van der Waals surface area (Å²) >= 11 is 0. The largest absolute Gasteiger partial charge is 0.352 e. The van der Waals surface area contributed by atoms with Crippen LogP contribution in [-0.2, 0) is 17.8 Å². The number of aryl methyl sites for hydroxylation is 1. The number of nitrogens with one attached hydrogen (secondary N) is 2. The van der Waals surface area contributed by atoms with Crippen molar-refractivity contribution < 1.29 is 4.79 Å². The van der Waals surface area contributed by atoms with Crippen LogP contribution in [0.5, 0.6) is 0 Å². The molecule has 2 aromatic rings. The van der Waals surface area contributed by atoms with E-state index in [2.05, 4.69) is 58.6 Å². The molecule has 30 heavy (non-hydrogen) atoms. The molecule has 0 spiro atoms. The molecule has 162 valence electrons. The molecule has 1 aliphatic heterocycles. The highest BCUT2D eigenvalue weighted by Gasteiger charge is 2.23. The van der Waals surface area contributed by atoms with E-state index in [1.807, 2.05) is 22.9 Å². The van der Waals surface area contributed by atoms with Crippen molar-refractivity contribution in [3.8, 4) is 0 Å². The number of amides is 1. The van der Waals surface area contributed by atoms with Gasteiger partial charge >= 0.3 is 0 Å². The van der Waals surface area contributed by atoms with Crippen LogP contribution in [0.2, 0.25) is 0 Å². The summed E-state index contributed by atoms with van der Waals surface area (Å²) in [5.74, 6) is 2.86. The minimum absolute atomic E-state index is 0.0350. The van der Waals surface area contributed by atoms with Gasteiger partial charge < -0.3 is 15.5 Å². The molecule has 0 bridgehead atoms. The molecule has 8 nitrogen and oxygen atoms in total. The quantitative estimate of drug-likeness (QED) is 0.561. The number of fused-ring (bicyclic) bond motifs is 1. The Labute approximate surface area is 178 Å². The van der Waals surface area contributed by atoms with E-state index in [4.69, 9.17) is 0 Å². The summed E-state index contributed by atoms with van der Waals surface area (Å²) in [6, 6.07) is 10.4. The number of guanidine groups is 1. The highest BCUT2D eigenvalue weighted by Crippen LogP contribution is 2.17. The van der Waals surface area contributed by atoms with Gasteiger partial charge in [-0.25, -0.2) is 14.7 Å². The third kappa shape index (κ3) is 5.58. The lowest BCUT2D eigenvalue weighted by Gasteiger charge is -2.27. The van der Waals surface area contributed by atoms with Crippen LogP contribution in [0.4, 0.5) is 0 Å². The normalized spacial score (nSPS) is 17.4. The van der Waals surface area contributed by atoms with Gasteiger partial charge in [0.25, 0.3) is 0 Å². The van der Waals surface area contributed by atoms with Gasteiger partial charge in [-0.2, -0.15) is 5.10 Å². The molecule has 0 saturated heterocycles. The van der Waals surface area contributed by atoms with Crippen LogP contribution < -0.4 is 10.6 Å². The van der Waals surface area contributed by atoms with E-state index in [1.165, 1.54) is 0 Å². The molecular formula is C22H33N7O. The molecule has 8 heteroatoms. The standard InChI is InChI=1S/C22H33N7O/c1-15(2)21-26-19-12-11-18(14-29(19)27-21)25-22(23-13-20(30)28(4)5)24-16(3)17-9-7-6-8-10-17/h6-10,15-16,18H,11-14H2,1-5H3,(H2,23,24,25). The van der Waals surface area contributed by atoms with Crippen LogP contribution in [0.25, 0.3) is 0 Å². The fraction of sp³-hybridized carbons (Fsp3) is 0.545. The second-order valence-corrected chi connectivity index (χ2v) is 8.33. The van der Waals surface area contributed by atoms with Crippen molar-refractivity contribution in [2.75, 3.05) is 20.6 Å². The second-order valence-electron chi connectivity index (χ2n) is 8.33. The second kappa shape index (κ2) is 9.73. The molecule has 3 rings (SSSR count). The lowest BCUT2D eigenvalue weighted by molar-refractivity contribution is -0.127. The zero-order valence-electron chi connectivity index (χ0n) is 18.6. The van der Waals surface area contributed by atoms with Crippen LogP contribution in [0.3, 0.4) is 0 Å². The van der Waals surface area contributed by atoms with E-state index in [0.717, 1.165) is 36.6 Å². The lowest BCUT2D eigenvalue weighted by atomic mass is 10.1. The SMILES string of the molecule is CC(C)c1nc2n(n1)CC(NC(=NCC(=O)N(C)C)NC(C)c1ccccc1)CC2. The van der Waals surface area contributed by atoms with Gasteiger partial charge in [0.05, 0.1) is 12.6 Å². The molecule has 0 saturated carbocycles. The minimum atomic E-state index is -0.0350. The molecular weight excluding hydrogens is 378 g/mol. The molecule has 1 aromatic carbocycles. The van der Waals surface area contributed by atoms with Gasteiger partial charge in [-0.15, -0.1) is 0 Å². The van der Waals surface area contributed by atoms with E-state index >= 15 is 0 Å². The van der Waals surface area contributed by atoms with E-state index < -0.39 is 0 Å². The Hall–Kier alpha value is -2.90. The molecule has 2 unspecified atom stereocenters. The lowest BCUT2D eigenvalue weighted by Crippen LogP contribution is -2.48. The van der Waals surface area contributed by atoms with Crippen molar-refractivity contribution in [1.29, 1.82) is 0 Å². The van der Waals surface area contributed by atoms with Crippen LogP contribution in [0, 0.1) is 0 Å². The topological polar surface area (TPSA) is 87.4 Å². The van der Waals surface area contributed by atoms with Crippen molar-refractivity contribution in [2.45, 2.75) is 58.2 Å². The Kier molecular flexibility index (Phi) is 7.07. The molecule has 2 heterocycles. The number of hydrogen-bond donors (Lipinski definition) is 2. The number of aromatic nitrogens is 3. The predicted molar refractivity (Wildman–Crippen MR) is 118 cm³/mol. The molecule has 2 N–H and O–H groups in total. The number of rotatable bonds is 6.